The van der Waals surface area contributed by atoms with Crippen LogP contribution >= 0.6 is 0 Å². The molecule has 2 heteroatoms. The molecular formula is C25H24FN. The molecule has 0 aliphatic heterocycles. The minimum Gasteiger partial charge on any atom is -0.378 e. The second kappa shape index (κ2) is 7.68. The summed E-state index contributed by atoms with van der Waals surface area (Å²) in [5.74, 6) is 2.65. The number of rotatable bonds is 5. The molecule has 0 amide bonds. The molecule has 0 fully saturated rings. The van der Waals surface area contributed by atoms with E-state index in [1.54, 1.807) is 13.8 Å². The Morgan fingerprint density at radius 1 is 0.926 bits per heavy atom. The highest BCUT2D eigenvalue weighted by Gasteiger charge is 2.18. The average molecular weight is 357 g/mol. The Morgan fingerprint density at radius 2 is 1.63 bits per heavy atom. The highest BCUT2D eigenvalue weighted by Crippen LogP contribution is 2.30. The summed E-state index contributed by atoms with van der Waals surface area (Å²) in [4.78, 5) is 0. The van der Waals surface area contributed by atoms with Crippen LogP contribution in [0.4, 0.5) is 10.1 Å². The average Bonchev–Trinajstić information content (AvgIpc) is 2.67. The molecule has 0 aliphatic rings. The molecule has 1 N–H and O–H groups in total. The fourth-order valence-corrected chi connectivity index (χ4v) is 3.06. The third-order valence-electron chi connectivity index (χ3n) is 4.71. The molecule has 136 valence electrons. The number of hydrogen-bond donors (Lipinski definition) is 1. The van der Waals surface area contributed by atoms with Gasteiger partial charge >= 0.3 is 0 Å². The fourth-order valence-electron chi connectivity index (χ4n) is 3.06. The van der Waals surface area contributed by atoms with E-state index in [0.29, 0.717) is 5.56 Å². The van der Waals surface area contributed by atoms with Gasteiger partial charge in [0.15, 0.2) is 0 Å². The summed E-state index contributed by atoms with van der Waals surface area (Å²) in [5, 5.41) is 3.48. The van der Waals surface area contributed by atoms with Crippen LogP contribution in [0.15, 0.2) is 72.8 Å². The van der Waals surface area contributed by atoms with Gasteiger partial charge in [-0.1, -0.05) is 54.5 Å². The van der Waals surface area contributed by atoms with E-state index in [1.807, 2.05) is 48.5 Å². The minimum absolute atomic E-state index is 0.142. The molecule has 0 radical (unpaired) electrons. The van der Waals surface area contributed by atoms with Crippen LogP contribution in [0.5, 0.6) is 0 Å². The first kappa shape index (κ1) is 18.7. The standard InChI is InChI=1S/C25H24FN/c1-5-19-8-6-11-24(16-19)27-18(2)20-12-14-21(15-13-20)22-9-7-10-23(17-22)25(3,4)26/h1,6-18,27H,2-4H3. The predicted octanol–water partition coefficient (Wildman–Crippen LogP) is 6.71. The topological polar surface area (TPSA) is 12.0 Å². The molecule has 3 rings (SSSR count). The SMILES string of the molecule is C#Cc1cccc(NC(C)c2ccc(-c3cccc(C(C)(C)F)c3)cc2)c1. The van der Waals surface area contributed by atoms with Gasteiger partial charge < -0.3 is 5.32 Å². The van der Waals surface area contributed by atoms with Gasteiger partial charge in [0.25, 0.3) is 0 Å². The molecule has 0 spiro atoms. The van der Waals surface area contributed by atoms with Gasteiger partial charge in [-0.25, -0.2) is 4.39 Å². The van der Waals surface area contributed by atoms with Gasteiger partial charge in [0.1, 0.15) is 5.67 Å². The highest BCUT2D eigenvalue weighted by atomic mass is 19.1. The van der Waals surface area contributed by atoms with E-state index < -0.39 is 5.67 Å². The van der Waals surface area contributed by atoms with Crippen molar-refractivity contribution in [3.8, 4) is 23.5 Å². The van der Waals surface area contributed by atoms with E-state index in [9.17, 15) is 4.39 Å². The number of alkyl halides is 1. The third kappa shape index (κ3) is 4.57. The lowest BCUT2D eigenvalue weighted by Crippen LogP contribution is -2.08. The maximum Gasteiger partial charge on any atom is 0.130 e. The lowest BCUT2D eigenvalue weighted by molar-refractivity contribution is 0.221. The van der Waals surface area contributed by atoms with Gasteiger partial charge in [-0.3, -0.25) is 0 Å². The third-order valence-corrected chi connectivity index (χ3v) is 4.71. The maximum absolute atomic E-state index is 14.2. The molecular weight excluding hydrogens is 333 g/mol. The first-order valence-corrected chi connectivity index (χ1v) is 9.10. The van der Waals surface area contributed by atoms with Crippen molar-refractivity contribution in [2.45, 2.75) is 32.5 Å². The Balaban J connectivity index is 1.78. The Kier molecular flexibility index (Phi) is 5.33. The molecule has 0 saturated heterocycles. The number of anilines is 1. The van der Waals surface area contributed by atoms with Gasteiger partial charge in [-0.15, -0.1) is 6.42 Å². The summed E-state index contributed by atoms with van der Waals surface area (Å²) >= 11 is 0. The highest BCUT2D eigenvalue weighted by molar-refractivity contribution is 5.65. The minimum atomic E-state index is -1.35. The Morgan fingerprint density at radius 3 is 2.30 bits per heavy atom. The molecule has 3 aromatic carbocycles. The molecule has 27 heavy (non-hydrogen) atoms. The van der Waals surface area contributed by atoms with Crippen LogP contribution in [0, 0.1) is 12.3 Å². The van der Waals surface area contributed by atoms with Crippen LogP contribution in [0.1, 0.15) is 43.5 Å². The second-order valence-electron chi connectivity index (χ2n) is 7.27. The first-order chi connectivity index (χ1) is 12.9. The van der Waals surface area contributed by atoms with Crippen molar-refractivity contribution in [3.63, 3.8) is 0 Å². The maximum atomic E-state index is 14.2. The Bertz CT molecular complexity index is 959. The second-order valence-corrected chi connectivity index (χ2v) is 7.27. The van der Waals surface area contributed by atoms with Crippen molar-refractivity contribution >= 4 is 5.69 Å². The summed E-state index contributed by atoms with van der Waals surface area (Å²) in [7, 11) is 0. The molecule has 0 saturated carbocycles. The Labute approximate surface area is 161 Å². The Hall–Kier alpha value is -3.05. The lowest BCUT2D eigenvalue weighted by atomic mass is 9.94. The molecule has 1 atom stereocenters. The zero-order chi connectivity index (χ0) is 19.4. The normalized spacial score (nSPS) is 12.3. The van der Waals surface area contributed by atoms with Crippen molar-refractivity contribution < 1.29 is 4.39 Å². The number of benzene rings is 3. The summed E-state index contributed by atoms with van der Waals surface area (Å²) < 4.78 is 14.2. The summed E-state index contributed by atoms with van der Waals surface area (Å²) in [6, 6.07) is 24.0. The largest absolute Gasteiger partial charge is 0.378 e. The van der Waals surface area contributed by atoms with Crippen LogP contribution in [0.2, 0.25) is 0 Å². The number of terminal acetylenes is 1. The van der Waals surface area contributed by atoms with E-state index in [2.05, 4.69) is 42.4 Å². The number of halogens is 1. The smallest absolute Gasteiger partial charge is 0.130 e. The molecule has 0 heterocycles. The molecule has 1 unspecified atom stereocenters. The summed E-state index contributed by atoms with van der Waals surface area (Å²) in [6.07, 6.45) is 5.47. The fraction of sp³-hybridized carbons (Fsp3) is 0.200. The summed E-state index contributed by atoms with van der Waals surface area (Å²) in [5.41, 5.74) is 4.47. The lowest BCUT2D eigenvalue weighted by Gasteiger charge is -2.17. The van der Waals surface area contributed by atoms with E-state index in [0.717, 1.165) is 22.4 Å². The summed E-state index contributed by atoms with van der Waals surface area (Å²) in [6.45, 7) is 5.28. The van der Waals surface area contributed by atoms with Gasteiger partial charge in [-0.05, 0) is 67.3 Å². The van der Waals surface area contributed by atoms with Crippen LogP contribution in [-0.2, 0) is 5.67 Å². The van der Waals surface area contributed by atoms with Crippen molar-refractivity contribution in [2.75, 3.05) is 5.32 Å². The zero-order valence-electron chi connectivity index (χ0n) is 16.0. The molecule has 3 aromatic rings. The predicted molar refractivity (Wildman–Crippen MR) is 112 cm³/mol. The van der Waals surface area contributed by atoms with Crippen LogP contribution in [0.3, 0.4) is 0 Å². The van der Waals surface area contributed by atoms with E-state index in [1.165, 1.54) is 5.56 Å². The number of nitrogens with one attached hydrogen (secondary N) is 1. The molecule has 1 nitrogen and oxygen atoms in total. The quantitative estimate of drug-likeness (QED) is 0.500. The molecule has 0 bridgehead atoms. The number of hydrogen-bond acceptors (Lipinski definition) is 1. The van der Waals surface area contributed by atoms with E-state index in [-0.39, 0.29) is 6.04 Å². The first-order valence-electron chi connectivity index (χ1n) is 9.10. The van der Waals surface area contributed by atoms with Crippen molar-refractivity contribution in [1.82, 2.24) is 0 Å². The van der Waals surface area contributed by atoms with Crippen molar-refractivity contribution in [2.24, 2.45) is 0 Å². The van der Waals surface area contributed by atoms with Gasteiger partial charge in [-0.2, -0.15) is 0 Å². The van der Waals surface area contributed by atoms with Crippen molar-refractivity contribution in [1.29, 1.82) is 0 Å². The van der Waals surface area contributed by atoms with E-state index in [4.69, 9.17) is 6.42 Å². The van der Waals surface area contributed by atoms with Gasteiger partial charge in [0.05, 0.1) is 0 Å². The van der Waals surface area contributed by atoms with Gasteiger partial charge in [0.2, 0.25) is 0 Å². The van der Waals surface area contributed by atoms with Gasteiger partial charge in [0, 0.05) is 17.3 Å². The molecule has 0 aliphatic carbocycles. The van der Waals surface area contributed by atoms with Crippen LogP contribution < -0.4 is 5.32 Å². The molecule has 0 aromatic heterocycles. The van der Waals surface area contributed by atoms with E-state index >= 15 is 0 Å². The van der Waals surface area contributed by atoms with Crippen LogP contribution in [0.25, 0.3) is 11.1 Å². The zero-order valence-corrected chi connectivity index (χ0v) is 16.0. The monoisotopic (exact) mass is 357 g/mol. The van der Waals surface area contributed by atoms with Crippen LogP contribution in [-0.4, -0.2) is 0 Å². The van der Waals surface area contributed by atoms with Crippen molar-refractivity contribution in [3.05, 3.63) is 89.5 Å².